The average molecular weight is 209 g/mol. The quantitative estimate of drug-likeness (QED) is 0.698. The number of hydrogen-bond donors (Lipinski definition) is 0. The van der Waals surface area contributed by atoms with Crippen LogP contribution in [0.25, 0.3) is 6.08 Å². The molecule has 72 valence electrons. The van der Waals surface area contributed by atoms with Crippen molar-refractivity contribution in [1.82, 2.24) is 0 Å². The predicted octanol–water partition coefficient (Wildman–Crippen LogP) is 3.17. The fraction of sp³-hybridized carbons (Fsp3) is 0.182. The highest BCUT2D eigenvalue weighted by atomic mass is 35.5. The van der Waals surface area contributed by atoms with Crippen LogP contribution < -0.4 is 0 Å². The lowest BCUT2D eigenvalue weighted by molar-refractivity contribution is 0.170. The minimum Gasteiger partial charge on any atom is -0.453 e. The van der Waals surface area contributed by atoms with Crippen LogP contribution in [0.3, 0.4) is 0 Å². The molecule has 2 nitrogen and oxygen atoms in total. The van der Waals surface area contributed by atoms with Crippen LogP contribution in [0.1, 0.15) is 17.0 Å². The maximum atomic E-state index is 10.4. The molecule has 0 bridgehead atoms. The summed E-state index contributed by atoms with van der Waals surface area (Å²) >= 11 is 5.10. The van der Waals surface area contributed by atoms with E-state index >= 15 is 0 Å². The lowest BCUT2D eigenvalue weighted by atomic mass is 10.0. The van der Waals surface area contributed by atoms with E-state index in [2.05, 4.69) is 0 Å². The first-order valence-electron chi connectivity index (χ1n) is 4.37. The average Bonchev–Trinajstić information content (AvgIpc) is 2.58. The number of hydrogen-bond acceptors (Lipinski definition) is 2. The van der Waals surface area contributed by atoms with E-state index in [9.17, 15) is 4.79 Å². The zero-order chi connectivity index (χ0) is 9.97. The van der Waals surface area contributed by atoms with E-state index in [-0.39, 0.29) is 5.92 Å². The van der Waals surface area contributed by atoms with Gasteiger partial charge in [0, 0.05) is 17.5 Å². The molecular weight excluding hydrogens is 200 g/mol. The molecular formula is C11H9ClO2. The van der Waals surface area contributed by atoms with Gasteiger partial charge in [0.25, 0.3) is 0 Å². The van der Waals surface area contributed by atoms with Gasteiger partial charge in [-0.15, -0.1) is 0 Å². The van der Waals surface area contributed by atoms with Gasteiger partial charge in [-0.1, -0.05) is 36.4 Å². The predicted molar refractivity (Wildman–Crippen MR) is 55.4 cm³/mol. The highest BCUT2D eigenvalue weighted by molar-refractivity contribution is 6.61. The summed E-state index contributed by atoms with van der Waals surface area (Å²) < 4.78 is 4.76. The first-order valence-corrected chi connectivity index (χ1v) is 4.74. The molecule has 0 saturated heterocycles. The van der Waals surface area contributed by atoms with E-state index in [1.807, 2.05) is 36.4 Å². The number of carbonyl (C=O) groups is 1. The van der Waals surface area contributed by atoms with Gasteiger partial charge in [0.2, 0.25) is 0 Å². The molecule has 0 N–H and O–H groups in total. The number of carbonyl (C=O) groups excluding carboxylic acids is 1. The van der Waals surface area contributed by atoms with Crippen LogP contribution in [0.5, 0.6) is 0 Å². The van der Waals surface area contributed by atoms with Crippen LogP contribution in [0.15, 0.2) is 30.3 Å². The van der Waals surface area contributed by atoms with Crippen LogP contribution in [0.4, 0.5) is 4.79 Å². The van der Waals surface area contributed by atoms with Gasteiger partial charge in [0.15, 0.2) is 0 Å². The molecule has 0 saturated carbocycles. The van der Waals surface area contributed by atoms with Crippen molar-refractivity contribution in [3.63, 3.8) is 0 Å². The molecule has 1 aromatic rings. The minimum absolute atomic E-state index is 0.147. The van der Waals surface area contributed by atoms with Crippen molar-refractivity contribution in [3.05, 3.63) is 41.5 Å². The fourth-order valence-corrected chi connectivity index (χ4v) is 1.69. The monoisotopic (exact) mass is 208 g/mol. The Balaban J connectivity index is 2.11. The molecule has 0 aliphatic heterocycles. The number of benzene rings is 1. The Labute approximate surface area is 87.1 Å². The number of halogens is 1. The van der Waals surface area contributed by atoms with Crippen molar-refractivity contribution >= 4 is 23.1 Å². The second-order valence-corrected chi connectivity index (χ2v) is 3.45. The third kappa shape index (κ3) is 1.80. The Morgan fingerprint density at radius 2 is 2.21 bits per heavy atom. The van der Waals surface area contributed by atoms with Crippen LogP contribution in [-0.4, -0.2) is 12.0 Å². The molecule has 2 rings (SSSR count). The lowest BCUT2D eigenvalue weighted by Gasteiger charge is -2.09. The third-order valence-electron chi connectivity index (χ3n) is 2.28. The van der Waals surface area contributed by atoms with Gasteiger partial charge in [-0.25, -0.2) is 4.79 Å². The molecule has 3 heteroatoms. The molecule has 0 spiro atoms. The van der Waals surface area contributed by atoms with Crippen molar-refractivity contribution in [1.29, 1.82) is 0 Å². The summed E-state index contributed by atoms with van der Waals surface area (Å²) in [6.07, 6.45) is 4.05. The van der Waals surface area contributed by atoms with E-state index in [0.717, 1.165) is 0 Å². The summed E-state index contributed by atoms with van der Waals surface area (Å²) in [7, 11) is 0. The Hall–Kier alpha value is -1.28. The summed E-state index contributed by atoms with van der Waals surface area (Å²) in [5.74, 6) is 0.147. The zero-order valence-electron chi connectivity index (χ0n) is 7.44. The van der Waals surface area contributed by atoms with Crippen molar-refractivity contribution in [3.8, 4) is 0 Å². The second-order valence-electron chi connectivity index (χ2n) is 3.14. The summed E-state index contributed by atoms with van der Waals surface area (Å²) in [4.78, 5) is 10.4. The molecule has 1 aromatic carbocycles. The highest BCUT2D eigenvalue weighted by Crippen LogP contribution is 2.29. The molecule has 0 heterocycles. The molecule has 1 aliphatic carbocycles. The molecule has 14 heavy (non-hydrogen) atoms. The van der Waals surface area contributed by atoms with Gasteiger partial charge in [-0.05, 0) is 11.1 Å². The van der Waals surface area contributed by atoms with Crippen molar-refractivity contribution in [2.24, 2.45) is 0 Å². The van der Waals surface area contributed by atoms with Gasteiger partial charge in [-0.2, -0.15) is 0 Å². The standard InChI is InChI=1S/C11H9ClO2/c12-11(13)14-7-9-6-5-8-3-1-2-4-10(8)9/h1-6,9H,7H2. The molecule has 1 atom stereocenters. The highest BCUT2D eigenvalue weighted by Gasteiger charge is 2.17. The summed E-state index contributed by atoms with van der Waals surface area (Å²) in [5.41, 5.74) is 1.62. The van der Waals surface area contributed by atoms with Crippen molar-refractivity contribution in [2.45, 2.75) is 5.92 Å². The van der Waals surface area contributed by atoms with E-state index in [1.165, 1.54) is 11.1 Å². The summed E-state index contributed by atoms with van der Waals surface area (Å²) in [6.45, 7) is 0.315. The molecule has 0 radical (unpaired) electrons. The molecule has 0 fully saturated rings. The molecule has 1 unspecified atom stereocenters. The number of ether oxygens (including phenoxy) is 1. The number of rotatable bonds is 2. The van der Waals surface area contributed by atoms with Gasteiger partial charge < -0.3 is 4.74 Å². The largest absolute Gasteiger partial charge is 0.453 e. The van der Waals surface area contributed by atoms with Gasteiger partial charge in [-0.3, -0.25) is 0 Å². The van der Waals surface area contributed by atoms with Gasteiger partial charge in [0.1, 0.15) is 6.61 Å². The normalized spacial score (nSPS) is 17.9. The lowest BCUT2D eigenvalue weighted by Crippen LogP contribution is -2.05. The van der Waals surface area contributed by atoms with Crippen molar-refractivity contribution in [2.75, 3.05) is 6.61 Å². The van der Waals surface area contributed by atoms with Crippen molar-refractivity contribution < 1.29 is 9.53 Å². The Morgan fingerprint density at radius 3 is 3.00 bits per heavy atom. The molecule has 0 amide bonds. The maximum absolute atomic E-state index is 10.4. The summed E-state index contributed by atoms with van der Waals surface area (Å²) in [5, 5.41) is 0. The van der Waals surface area contributed by atoms with Gasteiger partial charge >= 0.3 is 5.43 Å². The first kappa shape index (κ1) is 9.28. The Morgan fingerprint density at radius 1 is 1.43 bits per heavy atom. The molecule has 1 aliphatic rings. The van der Waals surface area contributed by atoms with Gasteiger partial charge in [0.05, 0.1) is 0 Å². The maximum Gasteiger partial charge on any atom is 0.403 e. The van der Waals surface area contributed by atoms with E-state index < -0.39 is 5.43 Å². The van der Waals surface area contributed by atoms with Crippen LogP contribution >= 0.6 is 11.6 Å². The number of fused-ring (bicyclic) bond motifs is 1. The smallest absolute Gasteiger partial charge is 0.403 e. The minimum atomic E-state index is -0.747. The van der Waals surface area contributed by atoms with Crippen LogP contribution in [0, 0.1) is 0 Å². The Kier molecular flexibility index (Phi) is 2.55. The third-order valence-corrected chi connectivity index (χ3v) is 2.39. The SMILES string of the molecule is O=C(Cl)OCC1C=Cc2ccccc21. The first-order chi connectivity index (χ1) is 6.77. The van der Waals surface area contributed by atoms with Crippen LogP contribution in [0.2, 0.25) is 0 Å². The topological polar surface area (TPSA) is 26.3 Å². The summed E-state index contributed by atoms with van der Waals surface area (Å²) in [6, 6.07) is 8.02. The molecule has 0 aromatic heterocycles. The second kappa shape index (κ2) is 3.84. The Bertz CT molecular complexity index is 385. The van der Waals surface area contributed by atoms with E-state index in [0.29, 0.717) is 6.61 Å². The van der Waals surface area contributed by atoms with Crippen LogP contribution in [-0.2, 0) is 4.74 Å². The van der Waals surface area contributed by atoms with E-state index in [4.69, 9.17) is 16.3 Å². The fourth-order valence-electron chi connectivity index (χ4n) is 1.62. The zero-order valence-corrected chi connectivity index (χ0v) is 8.20. The van der Waals surface area contributed by atoms with E-state index in [1.54, 1.807) is 0 Å².